The van der Waals surface area contributed by atoms with Gasteiger partial charge in [-0.1, -0.05) is 151 Å². The summed E-state index contributed by atoms with van der Waals surface area (Å²) in [6, 6.07) is 9.82. The first-order chi connectivity index (χ1) is 24.7. The van der Waals surface area contributed by atoms with Crippen molar-refractivity contribution in [2.75, 3.05) is 18.5 Å². The molecule has 282 valence electrons. The van der Waals surface area contributed by atoms with Crippen LogP contribution < -0.4 is 5.32 Å². The van der Waals surface area contributed by atoms with Crippen LogP contribution in [0.25, 0.3) is 0 Å². The Morgan fingerprint density at radius 1 is 0.580 bits per heavy atom. The third-order valence-corrected chi connectivity index (χ3v) is 8.71. The average molecular weight is 692 g/mol. The van der Waals surface area contributed by atoms with Gasteiger partial charge >= 0.3 is 11.9 Å². The Morgan fingerprint density at radius 2 is 1.06 bits per heavy atom. The number of nitrogens with one attached hydrogen (secondary N) is 1. The highest BCUT2D eigenvalue weighted by Crippen LogP contribution is 2.13. The van der Waals surface area contributed by atoms with E-state index in [1.54, 1.807) is 0 Å². The molecule has 0 fully saturated rings. The Hall–Kier alpha value is -3.08. The molecule has 0 aromatic heterocycles. The van der Waals surface area contributed by atoms with Gasteiger partial charge in [0.15, 0.2) is 6.10 Å². The predicted octanol–water partition coefficient (Wildman–Crippen LogP) is 13.2. The average Bonchev–Trinajstić information content (AvgIpc) is 3.13. The van der Waals surface area contributed by atoms with Crippen LogP contribution in [0, 0.1) is 0 Å². The number of unbranched alkanes of at least 4 members (excludes halogenated alkanes) is 16. The molecule has 1 N–H and O–H groups in total. The minimum absolute atomic E-state index is 0.0781. The van der Waals surface area contributed by atoms with E-state index in [4.69, 9.17) is 9.47 Å². The fourth-order valence-electron chi connectivity index (χ4n) is 5.65. The Morgan fingerprint density at radius 3 is 1.64 bits per heavy atom. The number of esters is 2. The molecule has 0 radical (unpaired) electrons. The third-order valence-electron chi connectivity index (χ3n) is 8.71. The number of ether oxygens (including phenoxy) is 2. The van der Waals surface area contributed by atoms with Gasteiger partial charge in [0.05, 0.1) is 6.54 Å². The van der Waals surface area contributed by atoms with E-state index < -0.39 is 6.10 Å². The summed E-state index contributed by atoms with van der Waals surface area (Å²) in [6.45, 7) is 4.90. The molecule has 1 unspecified atom stereocenters. The van der Waals surface area contributed by atoms with Crippen molar-refractivity contribution in [1.82, 2.24) is 0 Å². The Labute approximate surface area is 307 Å². The number of carbonyl (C=O) groups excluding carboxylic acids is 2. The molecule has 0 heterocycles. The molecule has 0 saturated carbocycles. The standard InChI is InChI=1S/C45H73NO4/c1-3-5-7-9-11-13-15-17-19-21-23-25-27-29-34-38-44(47)49-41-43(40-46-42-36-32-31-33-37-42)50-45(48)39-35-30-28-26-24-22-20-18-16-14-12-10-8-6-4-2/h6,8,12,14,17-20,31-33,36-37,43,46H,3-5,7,9-11,13,15-16,21-30,34-35,38-41H2,1-2H3/b8-6-,14-12-,19-17-,20-18-. The summed E-state index contributed by atoms with van der Waals surface area (Å²) >= 11 is 0. The van der Waals surface area contributed by atoms with Gasteiger partial charge in [0, 0.05) is 18.5 Å². The van der Waals surface area contributed by atoms with Gasteiger partial charge in [-0.25, -0.2) is 0 Å². The van der Waals surface area contributed by atoms with E-state index in [1.807, 2.05) is 30.3 Å². The molecule has 0 aliphatic rings. The Balaban J connectivity index is 2.18. The SMILES string of the molecule is CC/C=C\C/C=C\C/C=C\CCCCCCCC(=O)OC(CNc1ccccc1)COC(=O)CCCCCCC/C=C\CCCCCCCC. The van der Waals surface area contributed by atoms with Gasteiger partial charge in [-0.15, -0.1) is 0 Å². The van der Waals surface area contributed by atoms with Crippen molar-refractivity contribution in [2.24, 2.45) is 0 Å². The van der Waals surface area contributed by atoms with Crippen LogP contribution in [0.4, 0.5) is 5.69 Å². The fraction of sp³-hybridized carbons (Fsp3) is 0.644. The first-order valence-electron chi connectivity index (χ1n) is 20.4. The molecule has 0 amide bonds. The van der Waals surface area contributed by atoms with Crippen molar-refractivity contribution in [3.05, 3.63) is 78.9 Å². The number of rotatable bonds is 34. The lowest BCUT2D eigenvalue weighted by Crippen LogP contribution is -2.31. The molecule has 5 heteroatoms. The lowest BCUT2D eigenvalue weighted by atomic mass is 10.1. The maximum atomic E-state index is 12.7. The predicted molar refractivity (Wildman–Crippen MR) is 214 cm³/mol. The minimum Gasteiger partial charge on any atom is -0.462 e. The lowest BCUT2D eigenvalue weighted by Gasteiger charge is -2.19. The molecule has 0 aliphatic heterocycles. The van der Waals surface area contributed by atoms with E-state index >= 15 is 0 Å². The first kappa shape index (κ1) is 44.9. The van der Waals surface area contributed by atoms with Crippen LogP contribution in [-0.2, 0) is 19.1 Å². The molecule has 5 nitrogen and oxygen atoms in total. The van der Waals surface area contributed by atoms with Crippen LogP contribution in [0.1, 0.15) is 168 Å². The third kappa shape index (κ3) is 30.9. The number of allylic oxidation sites excluding steroid dienone is 8. The second kappa shape index (κ2) is 35.7. The monoisotopic (exact) mass is 692 g/mol. The van der Waals surface area contributed by atoms with E-state index in [9.17, 15) is 9.59 Å². The largest absolute Gasteiger partial charge is 0.462 e. The van der Waals surface area contributed by atoms with Crippen LogP contribution in [0.2, 0.25) is 0 Å². The van der Waals surface area contributed by atoms with Gasteiger partial charge in [0.1, 0.15) is 6.61 Å². The second-order valence-electron chi connectivity index (χ2n) is 13.5. The highest BCUT2D eigenvalue weighted by molar-refractivity contribution is 5.70. The summed E-state index contributed by atoms with van der Waals surface area (Å²) in [7, 11) is 0. The summed E-state index contributed by atoms with van der Waals surface area (Å²) in [5.74, 6) is -0.436. The quantitative estimate of drug-likeness (QED) is 0.0443. The van der Waals surface area contributed by atoms with Gasteiger partial charge in [0.25, 0.3) is 0 Å². The number of hydrogen-bond acceptors (Lipinski definition) is 5. The maximum absolute atomic E-state index is 12.7. The topological polar surface area (TPSA) is 64.6 Å². The number of anilines is 1. The molecule has 1 aromatic carbocycles. The van der Waals surface area contributed by atoms with Gasteiger partial charge in [0.2, 0.25) is 0 Å². The number of carbonyl (C=O) groups is 2. The Bertz CT molecular complexity index is 1030. The van der Waals surface area contributed by atoms with Crippen molar-refractivity contribution in [3.8, 4) is 0 Å². The lowest BCUT2D eigenvalue weighted by molar-refractivity contribution is -0.158. The van der Waals surface area contributed by atoms with E-state index in [0.717, 1.165) is 76.3 Å². The molecule has 1 rings (SSSR count). The van der Waals surface area contributed by atoms with Crippen LogP contribution >= 0.6 is 0 Å². The molecule has 0 spiro atoms. The van der Waals surface area contributed by atoms with Crippen LogP contribution in [-0.4, -0.2) is 31.2 Å². The van der Waals surface area contributed by atoms with Gasteiger partial charge < -0.3 is 14.8 Å². The molecule has 0 bridgehead atoms. The zero-order valence-electron chi connectivity index (χ0n) is 32.1. The van der Waals surface area contributed by atoms with E-state index in [2.05, 4.69) is 67.8 Å². The fourth-order valence-corrected chi connectivity index (χ4v) is 5.65. The number of hydrogen-bond donors (Lipinski definition) is 1. The minimum atomic E-state index is -0.518. The second-order valence-corrected chi connectivity index (χ2v) is 13.5. The molecule has 0 aliphatic carbocycles. The van der Waals surface area contributed by atoms with Crippen LogP contribution in [0.15, 0.2) is 78.9 Å². The number of benzene rings is 1. The normalized spacial score (nSPS) is 12.4. The van der Waals surface area contributed by atoms with E-state index in [0.29, 0.717) is 19.4 Å². The molecule has 1 atom stereocenters. The van der Waals surface area contributed by atoms with Crippen molar-refractivity contribution < 1.29 is 19.1 Å². The maximum Gasteiger partial charge on any atom is 0.306 e. The zero-order chi connectivity index (χ0) is 36.0. The van der Waals surface area contributed by atoms with E-state index in [1.165, 1.54) is 70.6 Å². The summed E-state index contributed by atoms with van der Waals surface area (Å²) in [5.41, 5.74) is 0.944. The summed E-state index contributed by atoms with van der Waals surface area (Å²) in [5, 5.41) is 3.31. The molecular formula is C45H73NO4. The Kier molecular flexibility index (Phi) is 32.1. The molecular weight excluding hydrogens is 618 g/mol. The highest BCUT2D eigenvalue weighted by Gasteiger charge is 2.17. The van der Waals surface area contributed by atoms with Gasteiger partial charge in [-0.2, -0.15) is 0 Å². The van der Waals surface area contributed by atoms with E-state index in [-0.39, 0.29) is 18.5 Å². The van der Waals surface area contributed by atoms with Crippen molar-refractivity contribution >= 4 is 17.6 Å². The first-order valence-corrected chi connectivity index (χ1v) is 20.4. The van der Waals surface area contributed by atoms with Crippen molar-refractivity contribution in [2.45, 2.75) is 174 Å². The molecule has 50 heavy (non-hydrogen) atoms. The van der Waals surface area contributed by atoms with Gasteiger partial charge in [-0.3, -0.25) is 9.59 Å². The smallest absolute Gasteiger partial charge is 0.306 e. The number of para-hydroxylation sites is 1. The molecule has 1 aromatic rings. The summed E-state index contributed by atoms with van der Waals surface area (Å²) in [4.78, 5) is 25.1. The molecule has 0 saturated heterocycles. The van der Waals surface area contributed by atoms with Crippen LogP contribution in [0.3, 0.4) is 0 Å². The summed E-state index contributed by atoms with van der Waals surface area (Å²) < 4.78 is 11.3. The summed E-state index contributed by atoms with van der Waals surface area (Å²) in [6.07, 6.45) is 43.8. The highest BCUT2D eigenvalue weighted by atomic mass is 16.6. The van der Waals surface area contributed by atoms with Crippen LogP contribution in [0.5, 0.6) is 0 Å². The van der Waals surface area contributed by atoms with Gasteiger partial charge in [-0.05, 0) is 82.8 Å². The zero-order valence-corrected chi connectivity index (χ0v) is 32.1. The van der Waals surface area contributed by atoms with Crippen molar-refractivity contribution in [1.29, 1.82) is 0 Å². The van der Waals surface area contributed by atoms with Crippen molar-refractivity contribution in [3.63, 3.8) is 0 Å².